The van der Waals surface area contributed by atoms with Crippen molar-refractivity contribution in [2.24, 2.45) is 5.10 Å². The van der Waals surface area contributed by atoms with Gasteiger partial charge in [-0.15, -0.1) is 0 Å². The predicted molar refractivity (Wildman–Crippen MR) is 87.4 cm³/mol. The Morgan fingerprint density at radius 1 is 1.35 bits per heavy atom. The summed E-state index contributed by atoms with van der Waals surface area (Å²) in [5.41, 5.74) is 0.908. The minimum absolute atomic E-state index is 0.453. The molecule has 1 N–H and O–H groups in total. The van der Waals surface area contributed by atoms with Gasteiger partial charge in [-0.05, 0) is 53.9 Å². The molecule has 0 spiro atoms. The molecule has 2 aromatic rings. The van der Waals surface area contributed by atoms with Gasteiger partial charge in [-0.1, -0.05) is 0 Å². The van der Waals surface area contributed by atoms with Crippen molar-refractivity contribution in [2.45, 2.75) is 6.92 Å². The monoisotopic (exact) mass is 404 g/mol. The van der Waals surface area contributed by atoms with Crippen molar-refractivity contribution in [3.05, 3.63) is 31.9 Å². The summed E-state index contributed by atoms with van der Waals surface area (Å²) in [6.45, 7) is 1.82. The second-order valence-electron chi connectivity index (χ2n) is 3.86. The first kappa shape index (κ1) is 15.0. The number of aromatic amines is 1. The predicted octanol–water partition coefficient (Wildman–Crippen LogP) is 2.75. The van der Waals surface area contributed by atoms with E-state index in [1.165, 1.54) is 0 Å². The van der Waals surface area contributed by atoms with Crippen LogP contribution in [0.1, 0.15) is 11.4 Å². The molecule has 1 heterocycles. The molecular weight excluding hydrogens is 391 g/mol. The summed E-state index contributed by atoms with van der Waals surface area (Å²) in [6.07, 6.45) is 1.71. The Balaban J connectivity index is 2.41. The Hall–Kier alpha value is -1.42. The molecule has 0 saturated heterocycles. The minimum atomic E-state index is 0.453. The molecule has 0 aliphatic rings. The summed E-state index contributed by atoms with van der Waals surface area (Å²) < 4.78 is 13.5. The lowest BCUT2D eigenvalue weighted by atomic mass is 10.2. The van der Waals surface area contributed by atoms with E-state index < -0.39 is 0 Å². The molecule has 0 fully saturated rings. The highest BCUT2D eigenvalue weighted by Crippen LogP contribution is 2.30. The summed E-state index contributed by atoms with van der Waals surface area (Å²) in [4.78, 5) is 0. The second-order valence-corrected chi connectivity index (χ2v) is 5.41. The summed E-state index contributed by atoms with van der Waals surface area (Å²) in [6, 6.07) is 3.76. The molecule has 0 aliphatic carbocycles. The Morgan fingerprint density at radius 2 is 2.00 bits per heavy atom. The van der Waals surface area contributed by atoms with Gasteiger partial charge in [0.2, 0.25) is 4.77 Å². The molecule has 0 saturated carbocycles. The van der Waals surface area contributed by atoms with Crippen LogP contribution in [-0.4, -0.2) is 35.3 Å². The molecule has 6 nitrogen and oxygen atoms in total. The molecule has 2 rings (SSSR count). The molecule has 0 unspecified atom stereocenters. The molecule has 0 radical (unpaired) electrons. The summed E-state index contributed by atoms with van der Waals surface area (Å²) >= 11 is 7.31. The van der Waals surface area contributed by atoms with Gasteiger partial charge in [0.25, 0.3) is 0 Å². The third-order valence-electron chi connectivity index (χ3n) is 2.63. The topological polar surface area (TPSA) is 64.4 Å². The summed E-state index contributed by atoms with van der Waals surface area (Å²) in [7, 11) is 3.21. The van der Waals surface area contributed by atoms with Crippen LogP contribution < -0.4 is 9.47 Å². The highest BCUT2D eigenvalue weighted by molar-refractivity contribution is 14.1. The van der Waals surface area contributed by atoms with Crippen molar-refractivity contribution < 1.29 is 9.47 Å². The molecule has 1 aromatic carbocycles. The lowest BCUT2D eigenvalue weighted by molar-refractivity contribution is 0.354. The zero-order valence-electron chi connectivity index (χ0n) is 11.2. The second kappa shape index (κ2) is 6.35. The van der Waals surface area contributed by atoms with E-state index in [1.54, 1.807) is 25.1 Å². The average Bonchev–Trinajstić information content (AvgIpc) is 2.76. The molecule has 8 heteroatoms. The van der Waals surface area contributed by atoms with Crippen LogP contribution in [0.5, 0.6) is 11.5 Å². The fraction of sp³-hybridized carbons (Fsp3) is 0.250. The number of nitrogens with one attached hydrogen (secondary N) is 1. The number of nitrogens with zero attached hydrogens (tertiary/aromatic N) is 3. The van der Waals surface area contributed by atoms with Gasteiger partial charge in [0.05, 0.1) is 20.4 Å². The van der Waals surface area contributed by atoms with E-state index in [0.29, 0.717) is 22.1 Å². The van der Waals surface area contributed by atoms with Crippen LogP contribution in [0.15, 0.2) is 17.2 Å². The van der Waals surface area contributed by atoms with Crippen LogP contribution >= 0.6 is 34.8 Å². The Bertz CT molecular complexity index is 708. The SMILES string of the molecule is COc1cc(I)c(/C=N\n2c(C)n[nH]c2=S)cc1OC. The molecular formula is C12H13IN4O2S. The van der Waals surface area contributed by atoms with Crippen molar-refractivity contribution in [1.29, 1.82) is 0 Å². The molecule has 0 atom stereocenters. The van der Waals surface area contributed by atoms with Crippen molar-refractivity contribution >= 4 is 41.0 Å². The minimum Gasteiger partial charge on any atom is -0.493 e. The smallest absolute Gasteiger partial charge is 0.216 e. The Morgan fingerprint density at radius 3 is 2.55 bits per heavy atom. The van der Waals surface area contributed by atoms with Gasteiger partial charge in [0, 0.05) is 9.13 Å². The number of aromatic nitrogens is 3. The normalized spacial score (nSPS) is 11.0. The van der Waals surface area contributed by atoms with Gasteiger partial charge < -0.3 is 9.47 Å². The summed E-state index contributed by atoms with van der Waals surface area (Å²) in [5, 5.41) is 11.0. The number of rotatable bonds is 4. The molecule has 0 bridgehead atoms. The molecule has 1 aromatic heterocycles. The maximum atomic E-state index is 5.28. The average molecular weight is 404 g/mol. The molecule has 0 amide bonds. The largest absolute Gasteiger partial charge is 0.493 e. The fourth-order valence-corrected chi connectivity index (χ4v) is 2.40. The number of methoxy groups -OCH3 is 2. The first-order valence-electron chi connectivity index (χ1n) is 5.66. The lowest BCUT2D eigenvalue weighted by Gasteiger charge is -2.09. The van der Waals surface area contributed by atoms with Crippen molar-refractivity contribution in [2.75, 3.05) is 14.2 Å². The standard InChI is InChI=1S/C12H13IN4O2S/c1-7-15-16-12(20)17(7)14-6-8-4-10(18-2)11(19-3)5-9(8)13/h4-6H,1-3H3,(H,16,20)/b14-6-. The van der Waals surface area contributed by atoms with Crippen LogP contribution in [0.25, 0.3) is 0 Å². The number of benzene rings is 1. The number of H-pyrrole nitrogens is 1. The zero-order valence-corrected chi connectivity index (χ0v) is 14.2. The molecule has 0 aliphatic heterocycles. The van der Waals surface area contributed by atoms with Crippen LogP contribution in [-0.2, 0) is 0 Å². The number of halogens is 1. The third kappa shape index (κ3) is 3.01. The van der Waals surface area contributed by atoms with Gasteiger partial charge >= 0.3 is 0 Å². The quantitative estimate of drug-likeness (QED) is 0.484. The van der Waals surface area contributed by atoms with E-state index >= 15 is 0 Å². The van der Waals surface area contributed by atoms with E-state index in [4.69, 9.17) is 21.7 Å². The van der Waals surface area contributed by atoms with E-state index in [0.717, 1.165) is 9.13 Å². The van der Waals surface area contributed by atoms with E-state index in [1.807, 2.05) is 19.1 Å². The van der Waals surface area contributed by atoms with Crippen molar-refractivity contribution in [3.8, 4) is 11.5 Å². The van der Waals surface area contributed by atoms with E-state index in [-0.39, 0.29) is 0 Å². The fourth-order valence-electron chi connectivity index (χ4n) is 1.60. The van der Waals surface area contributed by atoms with Gasteiger partial charge in [-0.3, -0.25) is 5.10 Å². The van der Waals surface area contributed by atoms with E-state index in [9.17, 15) is 0 Å². The third-order valence-corrected chi connectivity index (χ3v) is 3.83. The molecule has 106 valence electrons. The van der Waals surface area contributed by atoms with Crippen molar-refractivity contribution in [1.82, 2.24) is 14.9 Å². The van der Waals surface area contributed by atoms with Gasteiger partial charge in [-0.25, -0.2) is 0 Å². The highest BCUT2D eigenvalue weighted by Gasteiger charge is 2.08. The van der Waals surface area contributed by atoms with E-state index in [2.05, 4.69) is 37.9 Å². The number of hydrogen-bond donors (Lipinski definition) is 1. The van der Waals surface area contributed by atoms with Crippen LogP contribution in [0.4, 0.5) is 0 Å². The Kier molecular flexibility index (Phi) is 4.76. The maximum absolute atomic E-state index is 5.28. The lowest BCUT2D eigenvalue weighted by Crippen LogP contribution is -1.98. The first-order valence-corrected chi connectivity index (χ1v) is 7.15. The van der Waals surface area contributed by atoms with Crippen LogP contribution in [0.3, 0.4) is 0 Å². The number of hydrogen-bond acceptors (Lipinski definition) is 5. The van der Waals surface area contributed by atoms with Crippen LogP contribution in [0.2, 0.25) is 0 Å². The molecule has 20 heavy (non-hydrogen) atoms. The van der Waals surface area contributed by atoms with Crippen LogP contribution in [0, 0.1) is 15.3 Å². The van der Waals surface area contributed by atoms with Crippen molar-refractivity contribution in [3.63, 3.8) is 0 Å². The summed E-state index contributed by atoms with van der Waals surface area (Å²) in [5.74, 6) is 2.04. The maximum Gasteiger partial charge on any atom is 0.216 e. The highest BCUT2D eigenvalue weighted by atomic mass is 127. The number of ether oxygens (including phenoxy) is 2. The van der Waals surface area contributed by atoms with Gasteiger partial charge in [0.1, 0.15) is 5.82 Å². The Labute approximate surface area is 134 Å². The number of aryl methyl sites for hydroxylation is 1. The van der Waals surface area contributed by atoms with Gasteiger partial charge in [-0.2, -0.15) is 14.9 Å². The van der Waals surface area contributed by atoms with Gasteiger partial charge in [0.15, 0.2) is 11.5 Å². The zero-order chi connectivity index (χ0) is 14.7. The first-order chi connectivity index (χ1) is 9.56.